The van der Waals surface area contributed by atoms with E-state index in [1.165, 1.54) is 30.3 Å². The molecular weight excluding hydrogens is 419 g/mol. The lowest BCUT2D eigenvalue weighted by molar-refractivity contribution is -0.112. The highest BCUT2D eigenvalue weighted by Gasteiger charge is 2.13. The lowest BCUT2D eigenvalue weighted by Gasteiger charge is -2.08. The summed E-state index contributed by atoms with van der Waals surface area (Å²) in [4.78, 5) is 25.0. The molecule has 4 aromatic carbocycles. The maximum absolute atomic E-state index is 13.0. The summed E-state index contributed by atoms with van der Waals surface area (Å²) in [6, 6.07) is 26.5. The van der Waals surface area contributed by atoms with Gasteiger partial charge < -0.3 is 10.1 Å². The molecule has 0 fully saturated rings. The number of anilines is 1. The van der Waals surface area contributed by atoms with Crippen molar-refractivity contribution in [3.8, 4) is 11.8 Å². The second kappa shape index (κ2) is 9.58. The molecule has 0 atom stereocenters. The number of hydrogen-bond donors (Lipinski definition) is 1. The van der Waals surface area contributed by atoms with Crippen molar-refractivity contribution in [1.82, 2.24) is 0 Å². The maximum atomic E-state index is 13.0. The first-order valence-electron chi connectivity index (χ1n) is 10.0. The first-order valence-corrected chi connectivity index (χ1v) is 10.0. The fraction of sp³-hybridized carbons (Fsp3) is 0. The molecule has 1 N–H and O–H groups in total. The van der Waals surface area contributed by atoms with Crippen LogP contribution >= 0.6 is 0 Å². The van der Waals surface area contributed by atoms with Crippen molar-refractivity contribution >= 4 is 34.4 Å². The Morgan fingerprint density at radius 3 is 2.30 bits per heavy atom. The molecule has 0 saturated heterocycles. The highest BCUT2D eigenvalue weighted by atomic mass is 19.1. The summed E-state index contributed by atoms with van der Waals surface area (Å²) in [5, 5.41) is 13.6. The van der Waals surface area contributed by atoms with Gasteiger partial charge in [-0.15, -0.1) is 0 Å². The van der Waals surface area contributed by atoms with Crippen LogP contribution in [0.5, 0.6) is 5.75 Å². The van der Waals surface area contributed by atoms with Gasteiger partial charge in [0.25, 0.3) is 5.91 Å². The number of rotatable bonds is 5. The van der Waals surface area contributed by atoms with Gasteiger partial charge in [-0.25, -0.2) is 9.18 Å². The monoisotopic (exact) mass is 436 g/mol. The van der Waals surface area contributed by atoms with Gasteiger partial charge in [-0.2, -0.15) is 5.26 Å². The van der Waals surface area contributed by atoms with Gasteiger partial charge in [0.05, 0.1) is 5.56 Å². The third-order valence-electron chi connectivity index (χ3n) is 4.88. The largest absolute Gasteiger partial charge is 0.423 e. The van der Waals surface area contributed by atoms with Crippen LogP contribution in [0, 0.1) is 17.1 Å². The van der Waals surface area contributed by atoms with Crippen LogP contribution in [0.2, 0.25) is 0 Å². The number of amides is 1. The first kappa shape index (κ1) is 21.5. The van der Waals surface area contributed by atoms with Crippen LogP contribution in [0.4, 0.5) is 10.1 Å². The fourth-order valence-electron chi connectivity index (χ4n) is 3.24. The van der Waals surface area contributed by atoms with Gasteiger partial charge in [0.1, 0.15) is 23.2 Å². The maximum Gasteiger partial charge on any atom is 0.344 e. The predicted octanol–water partition coefficient (Wildman–Crippen LogP) is 5.74. The molecule has 4 aromatic rings. The Hall–Kier alpha value is -4.76. The van der Waals surface area contributed by atoms with Crippen molar-refractivity contribution in [2.45, 2.75) is 0 Å². The zero-order valence-electron chi connectivity index (χ0n) is 17.3. The van der Waals surface area contributed by atoms with Gasteiger partial charge >= 0.3 is 5.97 Å². The highest BCUT2D eigenvalue weighted by Crippen LogP contribution is 2.22. The van der Waals surface area contributed by atoms with Gasteiger partial charge in [-0.3, -0.25) is 4.79 Å². The molecule has 6 heteroatoms. The molecule has 0 aromatic heterocycles. The molecule has 160 valence electrons. The number of halogens is 1. The lowest BCUT2D eigenvalue weighted by atomic mass is 10.0. The van der Waals surface area contributed by atoms with E-state index in [1.54, 1.807) is 36.4 Å². The number of nitrogens with one attached hydrogen (secondary N) is 1. The Balaban J connectivity index is 1.47. The van der Waals surface area contributed by atoms with Gasteiger partial charge in [0.15, 0.2) is 0 Å². The van der Waals surface area contributed by atoms with Crippen molar-refractivity contribution in [2.75, 3.05) is 5.32 Å². The summed E-state index contributed by atoms with van der Waals surface area (Å²) >= 11 is 0. The molecule has 4 rings (SSSR count). The van der Waals surface area contributed by atoms with Crippen LogP contribution < -0.4 is 10.1 Å². The van der Waals surface area contributed by atoms with E-state index in [1.807, 2.05) is 36.4 Å². The summed E-state index contributed by atoms with van der Waals surface area (Å²) in [7, 11) is 0. The molecule has 5 nitrogen and oxygen atoms in total. The minimum Gasteiger partial charge on any atom is -0.423 e. The van der Waals surface area contributed by atoms with E-state index in [2.05, 4.69) is 5.32 Å². The highest BCUT2D eigenvalue weighted by molar-refractivity contribution is 6.09. The second-order valence-electron chi connectivity index (χ2n) is 7.12. The van der Waals surface area contributed by atoms with E-state index in [-0.39, 0.29) is 5.57 Å². The van der Waals surface area contributed by atoms with E-state index in [0.717, 1.165) is 10.8 Å². The van der Waals surface area contributed by atoms with Gasteiger partial charge in [0.2, 0.25) is 0 Å². The van der Waals surface area contributed by atoms with Crippen molar-refractivity contribution in [1.29, 1.82) is 5.26 Å². The molecular formula is C27H17FN2O3. The molecule has 0 radical (unpaired) electrons. The fourth-order valence-corrected chi connectivity index (χ4v) is 3.24. The molecule has 1 amide bonds. The van der Waals surface area contributed by atoms with Crippen LogP contribution in [0.1, 0.15) is 15.9 Å². The molecule has 0 unspecified atom stereocenters. The Kier molecular flexibility index (Phi) is 6.24. The molecule has 0 aliphatic carbocycles. The average molecular weight is 436 g/mol. The van der Waals surface area contributed by atoms with Gasteiger partial charge in [0, 0.05) is 5.69 Å². The smallest absolute Gasteiger partial charge is 0.344 e. The van der Waals surface area contributed by atoms with Crippen molar-refractivity contribution in [2.24, 2.45) is 0 Å². The molecule has 0 aliphatic rings. The normalized spacial score (nSPS) is 11.0. The van der Waals surface area contributed by atoms with E-state index < -0.39 is 17.7 Å². The zero-order valence-corrected chi connectivity index (χ0v) is 17.3. The quantitative estimate of drug-likeness (QED) is 0.187. The number of benzene rings is 4. The number of esters is 1. The predicted molar refractivity (Wildman–Crippen MR) is 124 cm³/mol. The third kappa shape index (κ3) is 5.12. The Morgan fingerprint density at radius 2 is 1.58 bits per heavy atom. The average Bonchev–Trinajstić information content (AvgIpc) is 2.84. The van der Waals surface area contributed by atoms with E-state index >= 15 is 0 Å². The Labute approximate surface area is 189 Å². The minimum absolute atomic E-state index is 0.125. The zero-order chi connectivity index (χ0) is 23.2. The molecule has 0 aliphatic heterocycles. The minimum atomic E-state index is -0.615. The second-order valence-corrected chi connectivity index (χ2v) is 7.12. The summed E-state index contributed by atoms with van der Waals surface area (Å²) in [6.07, 6.45) is 1.41. The number of ether oxygens (including phenoxy) is 1. The van der Waals surface area contributed by atoms with Crippen molar-refractivity contribution in [3.63, 3.8) is 0 Å². The summed E-state index contributed by atoms with van der Waals surface area (Å²) < 4.78 is 18.5. The van der Waals surface area contributed by atoms with Crippen LogP contribution in [-0.4, -0.2) is 11.9 Å². The SMILES string of the molecule is N#CC(=Cc1ccc(OC(=O)c2cccc3ccccc23)cc1)C(=O)Nc1ccc(F)cc1. The van der Waals surface area contributed by atoms with E-state index in [0.29, 0.717) is 22.6 Å². The van der Waals surface area contributed by atoms with Gasteiger partial charge in [-0.05, 0) is 64.9 Å². The van der Waals surface area contributed by atoms with Crippen LogP contribution in [0.25, 0.3) is 16.8 Å². The molecule has 0 bridgehead atoms. The Bertz CT molecular complexity index is 1400. The first-order chi connectivity index (χ1) is 16.0. The number of nitrogens with zero attached hydrogens (tertiary/aromatic N) is 1. The lowest BCUT2D eigenvalue weighted by Crippen LogP contribution is -2.13. The molecule has 0 spiro atoms. The number of nitriles is 1. The van der Waals surface area contributed by atoms with Crippen molar-refractivity contribution < 1.29 is 18.7 Å². The van der Waals surface area contributed by atoms with Crippen molar-refractivity contribution in [3.05, 3.63) is 114 Å². The van der Waals surface area contributed by atoms with Crippen LogP contribution in [-0.2, 0) is 4.79 Å². The van der Waals surface area contributed by atoms with Crippen LogP contribution in [0.15, 0.2) is 96.6 Å². The van der Waals surface area contributed by atoms with Gasteiger partial charge in [-0.1, -0.05) is 48.5 Å². The summed E-state index contributed by atoms with van der Waals surface area (Å²) in [6.45, 7) is 0. The molecule has 0 heterocycles. The standard InChI is InChI=1S/C27H17FN2O3/c28-21-10-12-22(13-11-21)30-26(31)20(17-29)16-18-8-14-23(15-9-18)33-27(32)25-7-3-5-19-4-1-2-6-24(19)25/h1-16H,(H,30,31). The number of carbonyl (C=O) groups excluding carboxylic acids is 2. The summed E-state index contributed by atoms with van der Waals surface area (Å²) in [5.74, 6) is -1.19. The number of fused-ring (bicyclic) bond motifs is 1. The van der Waals surface area contributed by atoms with E-state index in [4.69, 9.17) is 4.74 Å². The Morgan fingerprint density at radius 1 is 0.879 bits per heavy atom. The molecule has 33 heavy (non-hydrogen) atoms. The number of hydrogen-bond acceptors (Lipinski definition) is 4. The van der Waals surface area contributed by atoms with Crippen LogP contribution in [0.3, 0.4) is 0 Å². The molecule has 0 saturated carbocycles. The summed E-state index contributed by atoms with van der Waals surface area (Å²) in [5.41, 5.74) is 1.28. The number of carbonyl (C=O) groups is 2. The van der Waals surface area contributed by atoms with E-state index in [9.17, 15) is 19.2 Å². The topological polar surface area (TPSA) is 79.2 Å². The third-order valence-corrected chi connectivity index (χ3v) is 4.88.